The first kappa shape index (κ1) is 10.9. The van der Waals surface area contributed by atoms with Gasteiger partial charge in [0.15, 0.2) is 0 Å². The Morgan fingerprint density at radius 1 is 1.33 bits per heavy atom. The molecule has 2 aliphatic carbocycles. The molecule has 4 N–H and O–H groups in total. The summed E-state index contributed by atoms with van der Waals surface area (Å²) in [4.78, 5) is 11.7. The first-order valence-electron chi connectivity index (χ1n) is 5.86. The van der Waals surface area contributed by atoms with Crippen molar-refractivity contribution in [3.05, 3.63) is 0 Å². The third-order valence-corrected chi connectivity index (χ3v) is 3.59. The summed E-state index contributed by atoms with van der Waals surface area (Å²) in [6.45, 7) is 0.309. The molecule has 2 saturated carbocycles. The first-order valence-corrected chi connectivity index (χ1v) is 5.86. The molecular formula is C11H20N2O2. The molecule has 15 heavy (non-hydrogen) atoms. The van der Waals surface area contributed by atoms with Gasteiger partial charge in [-0.3, -0.25) is 4.79 Å². The molecule has 2 fully saturated rings. The summed E-state index contributed by atoms with van der Waals surface area (Å²) < 4.78 is 0. The molecule has 0 aromatic heterocycles. The smallest absolute Gasteiger partial charge is 0.223 e. The van der Waals surface area contributed by atoms with Crippen LogP contribution in [0, 0.1) is 5.92 Å². The third-order valence-electron chi connectivity index (χ3n) is 3.59. The molecule has 2 rings (SSSR count). The van der Waals surface area contributed by atoms with E-state index in [9.17, 15) is 9.90 Å². The summed E-state index contributed by atoms with van der Waals surface area (Å²) >= 11 is 0. The molecular weight excluding hydrogens is 192 g/mol. The van der Waals surface area contributed by atoms with Gasteiger partial charge < -0.3 is 16.2 Å². The molecule has 86 valence electrons. The van der Waals surface area contributed by atoms with Crippen molar-refractivity contribution in [3.8, 4) is 0 Å². The van der Waals surface area contributed by atoms with Gasteiger partial charge in [-0.25, -0.2) is 0 Å². The van der Waals surface area contributed by atoms with Crippen LogP contribution in [0.3, 0.4) is 0 Å². The van der Waals surface area contributed by atoms with E-state index in [-0.39, 0.29) is 11.8 Å². The fraction of sp³-hybridized carbons (Fsp3) is 0.909. The molecule has 0 unspecified atom stereocenters. The van der Waals surface area contributed by atoms with Crippen molar-refractivity contribution in [2.24, 2.45) is 11.7 Å². The monoisotopic (exact) mass is 212 g/mol. The van der Waals surface area contributed by atoms with Gasteiger partial charge in [-0.2, -0.15) is 0 Å². The third kappa shape index (κ3) is 2.69. The summed E-state index contributed by atoms with van der Waals surface area (Å²) in [5.41, 5.74) is 4.79. The van der Waals surface area contributed by atoms with Crippen LogP contribution in [-0.4, -0.2) is 29.2 Å². The molecule has 0 aromatic rings. The molecule has 0 heterocycles. The number of nitrogens with one attached hydrogen (secondary N) is 1. The van der Waals surface area contributed by atoms with Gasteiger partial charge in [-0.1, -0.05) is 0 Å². The Morgan fingerprint density at radius 3 is 2.40 bits per heavy atom. The zero-order valence-corrected chi connectivity index (χ0v) is 9.04. The lowest BCUT2D eigenvalue weighted by molar-refractivity contribution is -0.127. The Balaban J connectivity index is 1.79. The van der Waals surface area contributed by atoms with Gasteiger partial charge in [0, 0.05) is 18.5 Å². The number of carbonyl (C=O) groups is 1. The van der Waals surface area contributed by atoms with Gasteiger partial charge >= 0.3 is 0 Å². The minimum Gasteiger partial charge on any atom is -0.389 e. The van der Waals surface area contributed by atoms with Crippen molar-refractivity contribution in [3.63, 3.8) is 0 Å². The minimum atomic E-state index is -0.712. The Bertz CT molecular complexity index is 243. The lowest BCUT2D eigenvalue weighted by Crippen LogP contribution is -2.44. The molecule has 0 aromatic carbocycles. The fourth-order valence-corrected chi connectivity index (χ4v) is 2.17. The number of aliphatic hydroxyl groups is 1. The maximum atomic E-state index is 11.7. The number of amides is 1. The number of carbonyl (C=O) groups excluding carboxylic acids is 1. The van der Waals surface area contributed by atoms with Crippen LogP contribution in [0.2, 0.25) is 0 Å². The van der Waals surface area contributed by atoms with Crippen LogP contribution >= 0.6 is 0 Å². The van der Waals surface area contributed by atoms with Gasteiger partial charge in [0.1, 0.15) is 0 Å². The molecule has 0 bridgehead atoms. The molecule has 4 nitrogen and oxygen atoms in total. The highest BCUT2D eigenvalue weighted by molar-refractivity contribution is 5.79. The van der Waals surface area contributed by atoms with Crippen molar-refractivity contribution < 1.29 is 9.90 Å². The Hall–Kier alpha value is -0.610. The quantitative estimate of drug-likeness (QED) is 0.623. The number of hydrogen-bond acceptors (Lipinski definition) is 3. The Labute approximate surface area is 90.2 Å². The minimum absolute atomic E-state index is 0.0948. The van der Waals surface area contributed by atoms with E-state index in [2.05, 4.69) is 5.32 Å². The molecule has 0 radical (unpaired) electrons. The Morgan fingerprint density at radius 2 is 1.93 bits per heavy atom. The van der Waals surface area contributed by atoms with Crippen molar-refractivity contribution >= 4 is 5.91 Å². The van der Waals surface area contributed by atoms with E-state index in [1.54, 1.807) is 0 Å². The van der Waals surface area contributed by atoms with Gasteiger partial charge in [-0.15, -0.1) is 0 Å². The summed E-state index contributed by atoms with van der Waals surface area (Å²) in [6, 6.07) is 0.438. The normalized spacial score (nSPS) is 36.3. The predicted octanol–water partition coefficient (Wildman–Crippen LogP) is 0.145. The topological polar surface area (TPSA) is 75.3 Å². The van der Waals surface area contributed by atoms with Gasteiger partial charge in [0.2, 0.25) is 5.91 Å². The van der Waals surface area contributed by atoms with Crippen LogP contribution in [0.1, 0.15) is 38.5 Å². The van der Waals surface area contributed by atoms with E-state index in [1.165, 1.54) is 0 Å². The molecule has 0 aliphatic heterocycles. The number of nitrogens with two attached hydrogens (primary N) is 1. The largest absolute Gasteiger partial charge is 0.389 e. The first-order chi connectivity index (χ1) is 7.13. The SMILES string of the molecule is NCC1(O)CCC(C(=O)NC2CC2)CC1. The van der Waals surface area contributed by atoms with Crippen molar-refractivity contribution in [1.29, 1.82) is 0 Å². The molecule has 4 heteroatoms. The van der Waals surface area contributed by atoms with Crippen LogP contribution in [0.25, 0.3) is 0 Å². The average molecular weight is 212 g/mol. The van der Waals surface area contributed by atoms with Crippen molar-refractivity contribution in [1.82, 2.24) is 5.32 Å². The maximum absolute atomic E-state index is 11.7. The lowest BCUT2D eigenvalue weighted by Gasteiger charge is -2.34. The van der Waals surface area contributed by atoms with Crippen molar-refractivity contribution in [2.45, 2.75) is 50.2 Å². The van der Waals surface area contributed by atoms with Gasteiger partial charge in [-0.05, 0) is 38.5 Å². The van der Waals surface area contributed by atoms with E-state index in [4.69, 9.17) is 5.73 Å². The van der Waals surface area contributed by atoms with Crippen LogP contribution in [-0.2, 0) is 4.79 Å². The summed E-state index contributed by atoms with van der Waals surface area (Å²) in [5, 5.41) is 12.9. The highest BCUT2D eigenvalue weighted by atomic mass is 16.3. The lowest BCUT2D eigenvalue weighted by atomic mass is 9.78. The highest BCUT2D eigenvalue weighted by Gasteiger charge is 2.36. The van der Waals surface area contributed by atoms with E-state index in [1.807, 2.05) is 0 Å². The second-order valence-electron chi connectivity index (χ2n) is 4.99. The summed E-state index contributed by atoms with van der Waals surface area (Å²) in [7, 11) is 0. The van der Waals surface area contributed by atoms with Crippen LogP contribution in [0.4, 0.5) is 0 Å². The molecule has 0 atom stereocenters. The summed E-state index contributed by atoms with van der Waals surface area (Å²) in [6.07, 6.45) is 5.12. The molecule has 1 amide bonds. The second-order valence-corrected chi connectivity index (χ2v) is 4.99. The van der Waals surface area contributed by atoms with Gasteiger partial charge in [0.05, 0.1) is 5.60 Å². The number of hydrogen-bond donors (Lipinski definition) is 3. The zero-order chi connectivity index (χ0) is 10.9. The fourth-order valence-electron chi connectivity index (χ4n) is 2.17. The Kier molecular flexibility index (Phi) is 2.98. The zero-order valence-electron chi connectivity index (χ0n) is 9.04. The number of rotatable bonds is 3. The van der Waals surface area contributed by atoms with E-state index in [0.29, 0.717) is 25.4 Å². The van der Waals surface area contributed by atoms with E-state index in [0.717, 1.165) is 25.7 Å². The highest BCUT2D eigenvalue weighted by Crippen LogP contribution is 2.32. The van der Waals surface area contributed by atoms with Crippen LogP contribution in [0.15, 0.2) is 0 Å². The molecule has 0 saturated heterocycles. The van der Waals surface area contributed by atoms with E-state index >= 15 is 0 Å². The van der Waals surface area contributed by atoms with Crippen LogP contribution in [0.5, 0.6) is 0 Å². The average Bonchev–Trinajstić information content (AvgIpc) is 3.03. The van der Waals surface area contributed by atoms with Gasteiger partial charge in [0.25, 0.3) is 0 Å². The summed E-state index contributed by atoms with van der Waals surface area (Å²) in [5.74, 6) is 0.272. The maximum Gasteiger partial charge on any atom is 0.223 e. The molecule has 2 aliphatic rings. The predicted molar refractivity (Wildman–Crippen MR) is 57.1 cm³/mol. The van der Waals surface area contributed by atoms with Crippen LogP contribution < -0.4 is 11.1 Å². The van der Waals surface area contributed by atoms with Crippen molar-refractivity contribution in [2.75, 3.05) is 6.54 Å². The second kappa shape index (κ2) is 4.10. The standard InChI is InChI=1S/C11H20N2O2/c12-7-11(15)5-3-8(4-6-11)10(14)13-9-1-2-9/h8-9,15H,1-7,12H2,(H,13,14). The van der Waals surface area contributed by atoms with E-state index < -0.39 is 5.60 Å². The molecule has 0 spiro atoms.